The van der Waals surface area contributed by atoms with Gasteiger partial charge in [-0.05, 0) is 0 Å². The largest absolute Gasteiger partial charge is 0.380 e. The fraction of sp³-hybridized carbons (Fsp3) is 0.286. The van der Waals surface area contributed by atoms with E-state index in [1.807, 2.05) is 0 Å². The molecule has 0 atom stereocenters. The van der Waals surface area contributed by atoms with Crippen molar-refractivity contribution in [2.75, 3.05) is 7.11 Å². The van der Waals surface area contributed by atoms with Gasteiger partial charge in [0.05, 0.1) is 12.8 Å². The van der Waals surface area contributed by atoms with Crippen LogP contribution in [0.3, 0.4) is 0 Å². The molecule has 0 aliphatic rings. The highest BCUT2D eigenvalue weighted by atomic mass is 19.1. The SMILES string of the molecule is COCc1[c]c(F)cnc1. The summed E-state index contributed by atoms with van der Waals surface area (Å²) in [5, 5.41) is 0. The van der Waals surface area contributed by atoms with Crippen molar-refractivity contribution in [1.82, 2.24) is 4.98 Å². The molecule has 53 valence electrons. The van der Waals surface area contributed by atoms with Gasteiger partial charge in [-0.25, -0.2) is 4.39 Å². The summed E-state index contributed by atoms with van der Waals surface area (Å²) in [6.45, 7) is 0.352. The van der Waals surface area contributed by atoms with E-state index in [2.05, 4.69) is 11.1 Å². The minimum atomic E-state index is -0.449. The van der Waals surface area contributed by atoms with Gasteiger partial charge in [-0.15, -0.1) is 0 Å². The van der Waals surface area contributed by atoms with Crippen LogP contribution in [0.25, 0.3) is 0 Å². The minimum Gasteiger partial charge on any atom is -0.380 e. The lowest BCUT2D eigenvalue weighted by atomic mass is 10.3. The van der Waals surface area contributed by atoms with E-state index in [1.54, 1.807) is 7.11 Å². The maximum Gasteiger partial charge on any atom is 0.149 e. The number of hydrogen-bond donors (Lipinski definition) is 0. The summed E-state index contributed by atoms with van der Waals surface area (Å²) in [6, 6.07) is 2.45. The molecule has 0 N–H and O–H groups in total. The number of ether oxygens (including phenoxy) is 1. The third kappa shape index (κ3) is 1.77. The van der Waals surface area contributed by atoms with Gasteiger partial charge in [-0.2, -0.15) is 0 Å². The lowest BCUT2D eigenvalue weighted by Crippen LogP contribution is -1.90. The smallest absolute Gasteiger partial charge is 0.149 e. The molecule has 1 heterocycles. The zero-order chi connectivity index (χ0) is 7.40. The van der Waals surface area contributed by atoms with Crippen molar-refractivity contribution in [3.8, 4) is 0 Å². The normalized spacial score (nSPS) is 9.80. The second-order valence-corrected chi connectivity index (χ2v) is 1.84. The number of methoxy groups -OCH3 is 1. The van der Waals surface area contributed by atoms with Crippen molar-refractivity contribution >= 4 is 0 Å². The summed E-state index contributed by atoms with van der Waals surface area (Å²) < 4.78 is 17.1. The molecule has 0 bridgehead atoms. The second kappa shape index (κ2) is 3.27. The lowest BCUT2D eigenvalue weighted by Gasteiger charge is -1.95. The quantitative estimate of drug-likeness (QED) is 0.615. The minimum absolute atomic E-state index is 0.352. The molecule has 0 aliphatic heterocycles. The second-order valence-electron chi connectivity index (χ2n) is 1.84. The van der Waals surface area contributed by atoms with Gasteiger partial charge in [0, 0.05) is 24.9 Å². The molecule has 1 aromatic heterocycles. The van der Waals surface area contributed by atoms with Crippen molar-refractivity contribution in [1.29, 1.82) is 0 Å². The van der Waals surface area contributed by atoms with Crippen LogP contribution in [-0.2, 0) is 11.3 Å². The summed E-state index contributed by atoms with van der Waals surface area (Å²) in [6.07, 6.45) is 2.63. The van der Waals surface area contributed by atoms with Gasteiger partial charge in [0.2, 0.25) is 0 Å². The first-order chi connectivity index (χ1) is 4.83. The van der Waals surface area contributed by atoms with E-state index in [4.69, 9.17) is 4.74 Å². The molecule has 0 aromatic carbocycles. The molecule has 1 aromatic rings. The number of rotatable bonds is 2. The van der Waals surface area contributed by atoms with E-state index in [9.17, 15) is 4.39 Å². The van der Waals surface area contributed by atoms with E-state index in [-0.39, 0.29) is 0 Å². The van der Waals surface area contributed by atoms with Crippen LogP contribution in [0, 0.1) is 11.9 Å². The predicted molar refractivity (Wildman–Crippen MR) is 33.7 cm³/mol. The molecule has 0 saturated carbocycles. The van der Waals surface area contributed by atoms with E-state index in [0.29, 0.717) is 12.2 Å². The molecule has 2 nitrogen and oxygen atoms in total. The van der Waals surface area contributed by atoms with Gasteiger partial charge in [-0.3, -0.25) is 4.98 Å². The number of pyridine rings is 1. The summed E-state index contributed by atoms with van der Waals surface area (Å²) in [5.41, 5.74) is 0.627. The maximum absolute atomic E-state index is 12.3. The number of halogens is 1. The number of hydrogen-bond acceptors (Lipinski definition) is 2. The Morgan fingerprint density at radius 2 is 2.50 bits per heavy atom. The third-order valence-corrected chi connectivity index (χ3v) is 0.998. The Labute approximate surface area is 58.7 Å². The number of nitrogens with zero attached hydrogens (tertiary/aromatic N) is 1. The monoisotopic (exact) mass is 140 g/mol. The molecular weight excluding hydrogens is 133 g/mol. The van der Waals surface area contributed by atoms with Crippen molar-refractivity contribution in [2.24, 2.45) is 0 Å². The highest BCUT2D eigenvalue weighted by Crippen LogP contribution is 1.99. The van der Waals surface area contributed by atoms with Gasteiger partial charge >= 0.3 is 0 Å². The molecule has 0 saturated heterocycles. The Morgan fingerprint density at radius 3 is 3.10 bits per heavy atom. The van der Waals surface area contributed by atoms with Crippen molar-refractivity contribution in [2.45, 2.75) is 6.61 Å². The van der Waals surface area contributed by atoms with Gasteiger partial charge in [0.15, 0.2) is 0 Å². The van der Waals surface area contributed by atoms with Gasteiger partial charge in [-0.1, -0.05) is 0 Å². The number of aromatic nitrogens is 1. The molecule has 1 radical (unpaired) electrons. The van der Waals surface area contributed by atoms with E-state index in [0.717, 1.165) is 6.20 Å². The fourth-order valence-corrected chi connectivity index (χ4v) is 0.639. The first-order valence-corrected chi connectivity index (χ1v) is 2.83. The van der Waals surface area contributed by atoms with Crippen molar-refractivity contribution < 1.29 is 9.13 Å². The van der Waals surface area contributed by atoms with Crippen molar-refractivity contribution in [3.63, 3.8) is 0 Å². The van der Waals surface area contributed by atoms with Crippen LogP contribution in [0.5, 0.6) is 0 Å². The fourth-order valence-electron chi connectivity index (χ4n) is 0.639. The molecule has 10 heavy (non-hydrogen) atoms. The maximum atomic E-state index is 12.3. The molecular formula is C7H7FNO. The zero-order valence-corrected chi connectivity index (χ0v) is 5.60. The average Bonchev–Trinajstić information content (AvgIpc) is 1.88. The Kier molecular flexibility index (Phi) is 2.34. The molecule has 0 aliphatic carbocycles. The van der Waals surface area contributed by atoms with Gasteiger partial charge in [0.25, 0.3) is 0 Å². The molecule has 3 heteroatoms. The highest BCUT2D eigenvalue weighted by molar-refractivity contribution is 5.06. The topological polar surface area (TPSA) is 22.1 Å². The van der Waals surface area contributed by atoms with Crippen LogP contribution < -0.4 is 0 Å². The molecule has 0 spiro atoms. The predicted octanol–water partition coefficient (Wildman–Crippen LogP) is 1.17. The van der Waals surface area contributed by atoms with Crippen LogP contribution >= 0.6 is 0 Å². The van der Waals surface area contributed by atoms with Crippen LogP contribution in [0.1, 0.15) is 5.56 Å². The Bertz CT molecular complexity index is 215. The zero-order valence-electron chi connectivity index (χ0n) is 5.60. The summed E-state index contributed by atoms with van der Waals surface area (Å²) in [7, 11) is 1.54. The Morgan fingerprint density at radius 1 is 1.70 bits per heavy atom. The first kappa shape index (κ1) is 7.15. The lowest BCUT2D eigenvalue weighted by molar-refractivity contribution is 0.184. The van der Waals surface area contributed by atoms with E-state index >= 15 is 0 Å². The standard InChI is InChI=1S/C7H7FNO/c1-10-5-6-2-7(8)4-9-3-6/h3-4H,5H2,1H3. The van der Waals surface area contributed by atoms with E-state index in [1.165, 1.54) is 6.20 Å². The van der Waals surface area contributed by atoms with Crippen LogP contribution in [-0.4, -0.2) is 12.1 Å². The Balaban J connectivity index is 2.75. The van der Waals surface area contributed by atoms with Crippen LogP contribution in [0.15, 0.2) is 12.4 Å². The van der Waals surface area contributed by atoms with E-state index < -0.39 is 5.82 Å². The van der Waals surface area contributed by atoms with Gasteiger partial charge < -0.3 is 4.74 Å². The molecule has 0 unspecified atom stereocenters. The average molecular weight is 140 g/mol. The summed E-state index contributed by atoms with van der Waals surface area (Å²) >= 11 is 0. The van der Waals surface area contributed by atoms with Gasteiger partial charge in [0.1, 0.15) is 5.82 Å². The third-order valence-electron chi connectivity index (χ3n) is 0.998. The van der Waals surface area contributed by atoms with Crippen LogP contribution in [0.2, 0.25) is 0 Å². The molecule has 0 fully saturated rings. The highest BCUT2D eigenvalue weighted by Gasteiger charge is 1.94. The van der Waals surface area contributed by atoms with Crippen molar-refractivity contribution in [3.05, 3.63) is 29.8 Å². The first-order valence-electron chi connectivity index (χ1n) is 2.83. The summed E-state index contributed by atoms with van der Waals surface area (Å²) in [5.74, 6) is -0.449. The summed E-state index contributed by atoms with van der Waals surface area (Å²) in [4.78, 5) is 3.62. The molecule has 0 amide bonds. The Hall–Kier alpha value is -0.960. The molecule has 1 rings (SSSR count). The van der Waals surface area contributed by atoms with Crippen LogP contribution in [0.4, 0.5) is 4.39 Å².